The van der Waals surface area contributed by atoms with Gasteiger partial charge in [0.15, 0.2) is 0 Å². The smallest absolute Gasteiger partial charge is 0.381 e. The highest BCUT2D eigenvalue weighted by Crippen LogP contribution is 2.25. The molecule has 1 aliphatic rings. The Balaban J connectivity index is 1.90. The van der Waals surface area contributed by atoms with Crippen LogP contribution in [-0.2, 0) is 4.74 Å². The summed E-state index contributed by atoms with van der Waals surface area (Å²) < 4.78 is 46.0. The van der Waals surface area contributed by atoms with Gasteiger partial charge in [0.05, 0.1) is 23.1 Å². The first kappa shape index (κ1) is 18.4. The Bertz CT molecular complexity index is 753. The SMILES string of the molecule is Cc1c(C(=O)N(CC(F)(F)F)C2CCOCC2)cnn1-c1ccccc1. The molecule has 0 spiro atoms. The Kier molecular flexibility index (Phi) is 5.31. The van der Waals surface area contributed by atoms with Crippen LogP contribution in [0.25, 0.3) is 5.69 Å². The van der Waals surface area contributed by atoms with Crippen LogP contribution in [0.3, 0.4) is 0 Å². The highest BCUT2D eigenvalue weighted by molar-refractivity contribution is 5.95. The van der Waals surface area contributed by atoms with Gasteiger partial charge < -0.3 is 9.64 Å². The van der Waals surface area contributed by atoms with Crippen molar-refractivity contribution in [2.24, 2.45) is 0 Å². The lowest BCUT2D eigenvalue weighted by molar-refractivity contribution is -0.147. The molecule has 1 aromatic heterocycles. The molecule has 1 aliphatic heterocycles. The molecule has 2 aromatic rings. The van der Waals surface area contributed by atoms with Gasteiger partial charge in [-0.25, -0.2) is 4.68 Å². The molecule has 26 heavy (non-hydrogen) atoms. The number of para-hydroxylation sites is 1. The van der Waals surface area contributed by atoms with Crippen LogP contribution in [0, 0.1) is 6.92 Å². The van der Waals surface area contributed by atoms with E-state index < -0.39 is 24.7 Å². The lowest BCUT2D eigenvalue weighted by Crippen LogP contribution is -2.48. The summed E-state index contributed by atoms with van der Waals surface area (Å²) in [5.74, 6) is -0.645. The van der Waals surface area contributed by atoms with Gasteiger partial charge in [-0.1, -0.05) is 18.2 Å². The third-order valence-corrected chi connectivity index (χ3v) is 4.48. The molecule has 3 rings (SSSR count). The van der Waals surface area contributed by atoms with E-state index in [-0.39, 0.29) is 5.56 Å². The topological polar surface area (TPSA) is 47.4 Å². The fourth-order valence-electron chi connectivity index (χ4n) is 3.16. The number of amides is 1. The molecule has 0 N–H and O–H groups in total. The summed E-state index contributed by atoms with van der Waals surface area (Å²) in [6.07, 6.45) is -2.33. The second-order valence-corrected chi connectivity index (χ2v) is 6.28. The van der Waals surface area contributed by atoms with Gasteiger partial charge in [-0.15, -0.1) is 0 Å². The minimum Gasteiger partial charge on any atom is -0.381 e. The number of ether oxygens (including phenoxy) is 1. The quantitative estimate of drug-likeness (QED) is 0.833. The zero-order valence-corrected chi connectivity index (χ0v) is 14.4. The van der Waals surface area contributed by atoms with E-state index in [0.29, 0.717) is 31.7 Å². The van der Waals surface area contributed by atoms with Crippen molar-refractivity contribution < 1.29 is 22.7 Å². The third-order valence-electron chi connectivity index (χ3n) is 4.48. The molecule has 2 heterocycles. The lowest BCUT2D eigenvalue weighted by atomic mass is 10.1. The molecule has 5 nitrogen and oxygen atoms in total. The number of hydrogen-bond donors (Lipinski definition) is 0. The molecule has 0 unspecified atom stereocenters. The largest absolute Gasteiger partial charge is 0.406 e. The van der Waals surface area contributed by atoms with Crippen molar-refractivity contribution in [1.82, 2.24) is 14.7 Å². The van der Waals surface area contributed by atoms with Crippen molar-refractivity contribution in [2.75, 3.05) is 19.8 Å². The van der Waals surface area contributed by atoms with E-state index in [2.05, 4.69) is 5.10 Å². The second kappa shape index (κ2) is 7.49. The highest BCUT2D eigenvalue weighted by Gasteiger charge is 2.38. The molecule has 1 fully saturated rings. The van der Waals surface area contributed by atoms with Crippen LogP contribution < -0.4 is 0 Å². The molecule has 8 heteroatoms. The van der Waals surface area contributed by atoms with Gasteiger partial charge in [-0.3, -0.25) is 4.79 Å². The number of benzene rings is 1. The Labute approximate surface area is 149 Å². The maximum atomic E-state index is 13.1. The average Bonchev–Trinajstić information content (AvgIpc) is 3.01. The molecule has 0 aliphatic carbocycles. The molecule has 0 radical (unpaired) electrons. The summed E-state index contributed by atoms with van der Waals surface area (Å²) in [6.45, 7) is 1.12. The molecule has 1 saturated heterocycles. The van der Waals surface area contributed by atoms with Gasteiger partial charge in [-0.05, 0) is 31.9 Å². The van der Waals surface area contributed by atoms with Crippen molar-refractivity contribution in [3.05, 3.63) is 47.8 Å². The van der Waals surface area contributed by atoms with Gasteiger partial charge >= 0.3 is 6.18 Å². The van der Waals surface area contributed by atoms with Gasteiger partial charge in [0, 0.05) is 19.3 Å². The van der Waals surface area contributed by atoms with E-state index in [0.717, 1.165) is 10.6 Å². The first-order valence-corrected chi connectivity index (χ1v) is 8.42. The van der Waals surface area contributed by atoms with Crippen LogP contribution in [0.15, 0.2) is 36.5 Å². The number of carbonyl (C=O) groups excluding carboxylic acids is 1. The molecule has 0 bridgehead atoms. The van der Waals surface area contributed by atoms with Crippen molar-refractivity contribution in [2.45, 2.75) is 32.0 Å². The van der Waals surface area contributed by atoms with Crippen molar-refractivity contribution in [3.8, 4) is 5.69 Å². The standard InChI is InChI=1S/C18H20F3N3O2/c1-13-16(11-22-24(13)15-5-3-2-4-6-15)17(25)23(12-18(19,20)21)14-7-9-26-10-8-14/h2-6,11,14H,7-10,12H2,1H3. The maximum absolute atomic E-state index is 13.1. The maximum Gasteiger partial charge on any atom is 0.406 e. The Morgan fingerprint density at radius 3 is 2.54 bits per heavy atom. The van der Waals surface area contributed by atoms with Crippen LogP contribution in [0.5, 0.6) is 0 Å². The van der Waals surface area contributed by atoms with E-state index in [1.54, 1.807) is 11.6 Å². The van der Waals surface area contributed by atoms with Gasteiger partial charge in [-0.2, -0.15) is 18.3 Å². The summed E-state index contributed by atoms with van der Waals surface area (Å²) in [6, 6.07) is 8.66. The van der Waals surface area contributed by atoms with Gasteiger partial charge in [0.2, 0.25) is 0 Å². The number of hydrogen-bond acceptors (Lipinski definition) is 3. The highest BCUT2D eigenvalue weighted by atomic mass is 19.4. The van der Waals surface area contributed by atoms with Crippen LogP contribution in [0.2, 0.25) is 0 Å². The summed E-state index contributed by atoms with van der Waals surface area (Å²) in [7, 11) is 0. The first-order valence-electron chi connectivity index (χ1n) is 8.42. The molecule has 1 amide bonds. The number of aromatic nitrogens is 2. The van der Waals surface area contributed by atoms with Gasteiger partial charge in [0.25, 0.3) is 5.91 Å². The lowest BCUT2D eigenvalue weighted by Gasteiger charge is -2.34. The normalized spacial score (nSPS) is 15.8. The number of halogens is 3. The minimum atomic E-state index is -4.46. The predicted molar refractivity (Wildman–Crippen MR) is 89.2 cm³/mol. The second-order valence-electron chi connectivity index (χ2n) is 6.28. The van der Waals surface area contributed by atoms with Gasteiger partial charge in [0.1, 0.15) is 6.54 Å². The monoisotopic (exact) mass is 367 g/mol. The van der Waals surface area contributed by atoms with Crippen LogP contribution >= 0.6 is 0 Å². The number of nitrogens with zero attached hydrogens (tertiary/aromatic N) is 3. The van der Waals surface area contributed by atoms with E-state index in [1.807, 2.05) is 30.3 Å². The van der Waals surface area contributed by atoms with Crippen molar-refractivity contribution >= 4 is 5.91 Å². The third kappa shape index (κ3) is 4.07. The van der Waals surface area contributed by atoms with E-state index in [4.69, 9.17) is 4.74 Å². The summed E-state index contributed by atoms with van der Waals surface area (Å²) in [5, 5.41) is 4.19. The molecular formula is C18H20F3N3O2. The van der Waals surface area contributed by atoms with Crippen LogP contribution in [0.4, 0.5) is 13.2 Å². The van der Waals surface area contributed by atoms with E-state index in [1.165, 1.54) is 6.20 Å². The molecular weight excluding hydrogens is 347 g/mol. The first-order chi connectivity index (χ1) is 12.4. The Hall–Kier alpha value is -2.35. The minimum absolute atomic E-state index is 0.185. The number of alkyl halides is 3. The fraction of sp³-hybridized carbons (Fsp3) is 0.444. The Morgan fingerprint density at radius 1 is 1.27 bits per heavy atom. The molecule has 0 atom stereocenters. The summed E-state index contributed by atoms with van der Waals surface area (Å²) in [5.41, 5.74) is 1.45. The fourth-order valence-corrected chi connectivity index (χ4v) is 3.16. The number of rotatable bonds is 4. The van der Waals surface area contributed by atoms with Crippen LogP contribution in [-0.4, -0.2) is 52.6 Å². The summed E-state index contributed by atoms with van der Waals surface area (Å²) >= 11 is 0. The van der Waals surface area contributed by atoms with E-state index in [9.17, 15) is 18.0 Å². The van der Waals surface area contributed by atoms with E-state index >= 15 is 0 Å². The average molecular weight is 367 g/mol. The van der Waals surface area contributed by atoms with Crippen molar-refractivity contribution in [1.29, 1.82) is 0 Å². The molecule has 1 aromatic carbocycles. The number of carbonyl (C=O) groups is 1. The van der Waals surface area contributed by atoms with Crippen LogP contribution in [0.1, 0.15) is 28.9 Å². The zero-order valence-electron chi connectivity index (χ0n) is 14.4. The zero-order chi connectivity index (χ0) is 18.7. The van der Waals surface area contributed by atoms with Crippen molar-refractivity contribution in [3.63, 3.8) is 0 Å². The predicted octanol–water partition coefficient (Wildman–Crippen LogP) is 3.36. The summed E-state index contributed by atoms with van der Waals surface area (Å²) in [4.78, 5) is 13.8. The molecule has 0 saturated carbocycles. The molecule has 140 valence electrons. The Morgan fingerprint density at radius 2 is 1.92 bits per heavy atom.